The molecule has 0 atom stereocenters. The third kappa shape index (κ3) is 1.61. The lowest BCUT2D eigenvalue weighted by atomic mass is 10.7. The lowest BCUT2D eigenvalue weighted by Crippen LogP contribution is -2.00. The summed E-state index contributed by atoms with van der Waals surface area (Å²) in [7, 11) is 1.86. The molecule has 0 fully saturated rings. The summed E-state index contributed by atoms with van der Waals surface area (Å²) in [5.41, 5.74) is 0. The normalized spacial score (nSPS) is 10.1. The van der Waals surface area contributed by atoms with Crippen molar-refractivity contribution in [2.75, 3.05) is 0 Å². The van der Waals surface area contributed by atoms with Crippen molar-refractivity contribution in [1.29, 1.82) is 5.26 Å². The quantitative estimate of drug-likeness (QED) is 0.298. The standard InChI is InChI=1S/C7H9N5/c1-6-10-3-7(12(6)2)11-5-9-4-8/h3,5H,1-2H3,(H,9,11). The summed E-state index contributed by atoms with van der Waals surface area (Å²) < 4.78 is 1.83. The van der Waals surface area contributed by atoms with Gasteiger partial charge in [0.05, 0.1) is 6.20 Å². The van der Waals surface area contributed by atoms with E-state index in [1.54, 1.807) is 12.4 Å². The van der Waals surface area contributed by atoms with Crippen molar-refractivity contribution in [1.82, 2.24) is 14.9 Å². The highest BCUT2D eigenvalue weighted by Crippen LogP contribution is 2.10. The van der Waals surface area contributed by atoms with Crippen LogP contribution in [-0.2, 0) is 7.05 Å². The summed E-state index contributed by atoms with van der Waals surface area (Å²) in [5.74, 6) is 1.61. The van der Waals surface area contributed by atoms with Gasteiger partial charge in [0.2, 0.25) is 0 Å². The molecule has 5 nitrogen and oxygen atoms in total. The number of imidazole rings is 1. The minimum atomic E-state index is 0.718. The van der Waals surface area contributed by atoms with Crippen molar-refractivity contribution in [3.63, 3.8) is 0 Å². The molecule has 1 heterocycles. The molecule has 1 aromatic rings. The van der Waals surface area contributed by atoms with Gasteiger partial charge in [0, 0.05) is 7.05 Å². The monoisotopic (exact) mass is 163 g/mol. The molecule has 0 saturated heterocycles. The number of hydrogen-bond donors (Lipinski definition) is 1. The Hall–Kier alpha value is -1.83. The van der Waals surface area contributed by atoms with E-state index < -0.39 is 0 Å². The Balaban J connectivity index is 2.77. The first-order valence-corrected chi connectivity index (χ1v) is 3.41. The SMILES string of the molecule is Cc1ncc(/N=C\NC#N)n1C. The largest absolute Gasteiger partial charge is 0.317 e. The highest BCUT2D eigenvalue weighted by molar-refractivity contribution is 5.60. The van der Waals surface area contributed by atoms with E-state index in [1.165, 1.54) is 6.34 Å². The molecule has 0 aromatic carbocycles. The summed E-state index contributed by atoms with van der Waals surface area (Å²) in [6.07, 6.45) is 4.71. The van der Waals surface area contributed by atoms with Crippen LogP contribution in [0.25, 0.3) is 0 Å². The molecule has 62 valence electrons. The van der Waals surface area contributed by atoms with Gasteiger partial charge in [-0.2, -0.15) is 5.26 Å². The molecule has 1 aromatic heterocycles. The molecule has 0 bridgehead atoms. The zero-order valence-corrected chi connectivity index (χ0v) is 6.94. The van der Waals surface area contributed by atoms with Gasteiger partial charge in [-0.15, -0.1) is 0 Å². The summed E-state index contributed by atoms with van der Waals surface area (Å²) in [6.45, 7) is 1.89. The van der Waals surface area contributed by atoms with Gasteiger partial charge in [0.25, 0.3) is 0 Å². The van der Waals surface area contributed by atoms with E-state index in [9.17, 15) is 0 Å². The smallest absolute Gasteiger partial charge is 0.182 e. The number of aryl methyl sites for hydroxylation is 1. The molecule has 0 amide bonds. The van der Waals surface area contributed by atoms with Gasteiger partial charge in [-0.1, -0.05) is 0 Å². The van der Waals surface area contributed by atoms with E-state index in [1.807, 2.05) is 18.5 Å². The van der Waals surface area contributed by atoms with Crippen molar-refractivity contribution < 1.29 is 0 Å². The first-order chi connectivity index (χ1) is 5.75. The third-order valence-electron chi connectivity index (χ3n) is 1.52. The van der Waals surface area contributed by atoms with Gasteiger partial charge in [-0.25, -0.2) is 9.98 Å². The topological polar surface area (TPSA) is 66.0 Å². The van der Waals surface area contributed by atoms with Gasteiger partial charge in [-0.3, -0.25) is 5.32 Å². The van der Waals surface area contributed by atoms with Crippen molar-refractivity contribution in [3.8, 4) is 6.19 Å². The predicted octanol–water partition coefficient (Wildman–Crippen LogP) is 0.459. The summed E-state index contributed by atoms with van der Waals surface area (Å²) in [6, 6.07) is 0. The number of nitriles is 1. The van der Waals surface area contributed by atoms with Crippen LogP contribution in [0.5, 0.6) is 0 Å². The van der Waals surface area contributed by atoms with Crippen molar-refractivity contribution in [3.05, 3.63) is 12.0 Å². The number of nitrogens with one attached hydrogen (secondary N) is 1. The fourth-order valence-electron chi connectivity index (χ4n) is 0.737. The van der Waals surface area contributed by atoms with Crippen LogP contribution in [0.4, 0.5) is 5.82 Å². The van der Waals surface area contributed by atoms with Crippen LogP contribution in [0.3, 0.4) is 0 Å². The molecule has 1 rings (SSSR count). The fraction of sp³-hybridized carbons (Fsp3) is 0.286. The van der Waals surface area contributed by atoms with Gasteiger partial charge in [0.15, 0.2) is 12.0 Å². The lowest BCUT2D eigenvalue weighted by Gasteiger charge is -1.95. The zero-order chi connectivity index (χ0) is 8.97. The van der Waals surface area contributed by atoms with E-state index in [0.29, 0.717) is 0 Å². The molecule has 0 unspecified atom stereocenters. The Kier molecular flexibility index (Phi) is 2.43. The molecule has 0 aliphatic rings. The average Bonchev–Trinajstić information content (AvgIpc) is 2.36. The van der Waals surface area contributed by atoms with E-state index in [-0.39, 0.29) is 0 Å². The second kappa shape index (κ2) is 3.53. The Morgan fingerprint density at radius 3 is 3.08 bits per heavy atom. The van der Waals surface area contributed by atoms with E-state index in [0.717, 1.165) is 11.6 Å². The minimum Gasteiger partial charge on any atom is -0.317 e. The number of aromatic nitrogens is 2. The lowest BCUT2D eigenvalue weighted by molar-refractivity contribution is 0.858. The Morgan fingerprint density at radius 2 is 2.58 bits per heavy atom. The minimum absolute atomic E-state index is 0.718. The van der Waals surface area contributed by atoms with Crippen molar-refractivity contribution in [2.45, 2.75) is 6.92 Å². The molecular weight excluding hydrogens is 154 g/mol. The van der Waals surface area contributed by atoms with Crippen molar-refractivity contribution in [2.24, 2.45) is 12.0 Å². The molecule has 12 heavy (non-hydrogen) atoms. The van der Waals surface area contributed by atoms with Gasteiger partial charge in [0.1, 0.15) is 12.2 Å². The van der Waals surface area contributed by atoms with E-state index in [4.69, 9.17) is 5.26 Å². The second-order valence-corrected chi connectivity index (χ2v) is 2.24. The predicted molar refractivity (Wildman–Crippen MR) is 44.8 cm³/mol. The van der Waals surface area contributed by atoms with Gasteiger partial charge in [-0.05, 0) is 6.92 Å². The second-order valence-electron chi connectivity index (χ2n) is 2.24. The maximum atomic E-state index is 8.14. The van der Waals surface area contributed by atoms with Crippen LogP contribution in [0.2, 0.25) is 0 Å². The highest BCUT2D eigenvalue weighted by atomic mass is 15.1. The maximum absolute atomic E-state index is 8.14. The van der Waals surface area contributed by atoms with E-state index in [2.05, 4.69) is 15.3 Å². The molecule has 0 spiro atoms. The Labute approximate surface area is 70.4 Å². The molecule has 0 aliphatic heterocycles. The zero-order valence-electron chi connectivity index (χ0n) is 6.94. The molecule has 0 radical (unpaired) electrons. The van der Waals surface area contributed by atoms with Crippen LogP contribution in [-0.4, -0.2) is 15.9 Å². The molecule has 1 N–H and O–H groups in total. The van der Waals surface area contributed by atoms with Gasteiger partial charge >= 0.3 is 0 Å². The summed E-state index contributed by atoms with van der Waals surface area (Å²) in [4.78, 5) is 7.99. The number of aliphatic imine (C=N–C) groups is 1. The third-order valence-corrected chi connectivity index (χ3v) is 1.52. The Bertz CT molecular complexity index is 330. The van der Waals surface area contributed by atoms with Crippen LogP contribution in [0, 0.1) is 18.4 Å². The first-order valence-electron chi connectivity index (χ1n) is 3.41. The van der Waals surface area contributed by atoms with E-state index >= 15 is 0 Å². The number of rotatable bonds is 2. The average molecular weight is 163 g/mol. The molecular formula is C7H9N5. The van der Waals surface area contributed by atoms with Crippen LogP contribution in [0.15, 0.2) is 11.2 Å². The fourth-order valence-corrected chi connectivity index (χ4v) is 0.737. The summed E-state index contributed by atoms with van der Waals surface area (Å²) in [5, 5.41) is 10.4. The van der Waals surface area contributed by atoms with Crippen molar-refractivity contribution >= 4 is 12.2 Å². The van der Waals surface area contributed by atoms with Gasteiger partial charge < -0.3 is 4.57 Å². The van der Waals surface area contributed by atoms with Crippen LogP contribution < -0.4 is 5.32 Å². The number of nitrogens with zero attached hydrogens (tertiary/aromatic N) is 4. The number of hydrogen-bond acceptors (Lipinski definition) is 3. The van der Waals surface area contributed by atoms with Crippen LogP contribution >= 0.6 is 0 Å². The van der Waals surface area contributed by atoms with Crippen LogP contribution in [0.1, 0.15) is 5.82 Å². The Morgan fingerprint density at radius 1 is 1.83 bits per heavy atom. The maximum Gasteiger partial charge on any atom is 0.182 e. The molecule has 0 saturated carbocycles. The molecule has 5 heteroatoms. The molecule has 0 aliphatic carbocycles. The first kappa shape index (κ1) is 8.27. The summed E-state index contributed by atoms with van der Waals surface area (Å²) >= 11 is 0. The highest BCUT2D eigenvalue weighted by Gasteiger charge is 1.97.